The van der Waals surface area contributed by atoms with Crippen molar-refractivity contribution in [3.63, 3.8) is 0 Å². The molecule has 0 saturated carbocycles. The van der Waals surface area contributed by atoms with Crippen LogP contribution in [-0.4, -0.2) is 28.6 Å². The molecule has 2 N–H and O–H groups in total. The van der Waals surface area contributed by atoms with Crippen molar-refractivity contribution in [2.75, 3.05) is 19.0 Å². The summed E-state index contributed by atoms with van der Waals surface area (Å²) in [5, 5.41) is 16.2. The van der Waals surface area contributed by atoms with E-state index in [0.717, 1.165) is 29.1 Å². The Bertz CT molecular complexity index is 671. The van der Waals surface area contributed by atoms with E-state index >= 15 is 0 Å². The van der Waals surface area contributed by atoms with Crippen LogP contribution in [0.25, 0.3) is 0 Å². The molecule has 0 aliphatic heterocycles. The Labute approximate surface area is 127 Å². The highest BCUT2D eigenvalue weighted by Crippen LogP contribution is 2.25. The van der Waals surface area contributed by atoms with E-state index < -0.39 is 11.6 Å². The molecular formula is C15H19F2N3O2. The van der Waals surface area contributed by atoms with Gasteiger partial charge in [0.2, 0.25) is 0 Å². The summed E-state index contributed by atoms with van der Waals surface area (Å²) in [7, 11) is 1.28. The van der Waals surface area contributed by atoms with Crippen LogP contribution in [0.5, 0.6) is 5.75 Å². The number of nitrogens with zero attached hydrogens (tertiary/aromatic N) is 2. The van der Waals surface area contributed by atoms with E-state index in [1.54, 1.807) is 4.68 Å². The normalized spacial score (nSPS) is 10.8. The van der Waals surface area contributed by atoms with E-state index in [9.17, 15) is 8.78 Å². The van der Waals surface area contributed by atoms with Gasteiger partial charge < -0.3 is 15.2 Å². The lowest BCUT2D eigenvalue weighted by atomic mass is 10.2. The van der Waals surface area contributed by atoms with Gasteiger partial charge in [-0.1, -0.05) is 0 Å². The van der Waals surface area contributed by atoms with Gasteiger partial charge in [-0.3, -0.25) is 4.68 Å². The number of aromatic nitrogens is 2. The molecule has 22 heavy (non-hydrogen) atoms. The quantitative estimate of drug-likeness (QED) is 0.860. The van der Waals surface area contributed by atoms with Crippen molar-refractivity contribution in [3.8, 4) is 5.75 Å². The van der Waals surface area contributed by atoms with Crippen molar-refractivity contribution in [2.24, 2.45) is 0 Å². The summed E-state index contributed by atoms with van der Waals surface area (Å²) in [6.45, 7) is 4.41. The molecule has 2 rings (SSSR count). The molecule has 5 nitrogen and oxygen atoms in total. The lowest BCUT2D eigenvalue weighted by Gasteiger charge is -2.10. The minimum absolute atomic E-state index is 0.00680. The first-order valence-electron chi connectivity index (χ1n) is 6.88. The predicted molar refractivity (Wildman–Crippen MR) is 79.0 cm³/mol. The second-order valence-electron chi connectivity index (χ2n) is 4.92. The second-order valence-corrected chi connectivity index (χ2v) is 4.92. The molecule has 0 spiro atoms. The van der Waals surface area contributed by atoms with Crippen LogP contribution in [0.1, 0.15) is 17.0 Å². The molecule has 0 radical (unpaired) electrons. The summed E-state index contributed by atoms with van der Waals surface area (Å²) < 4.78 is 34.0. The van der Waals surface area contributed by atoms with Crippen LogP contribution in [0.15, 0.2) is 12.1 Å². The summed E-state index contributed by atoms with van der Waals surface area (Å²) in [5.41, 5.74) is 2.62. The molecule has 0 amide bonds. The molecule has 7 heteroatoms. The van der Waals surface area contributed by atoms with E-state index in [4.69, 9.17) is 9.84 Å². The fourth-order valence-corrected chi connectivity index (χ4v) is 2.31. The number of hydrogen-bond donors (Lipinski definition) is 2. The zero-order valence-corrected chi connectivity index (χ0v) is 12.8. The number of halogens is 2. The first kappa shape index (κ1) is 16.2. The molecular weight excluding hydrogens is 292 g/mol. The molecule has 120 valence electrons. The zero-order valence-electron chi connectivity index (χ0n) is 12.8. The van der Waals surface area contributed by atoms with Crippen molar-refractivity contribution in [1.29, 1.82) is 0 Å². The molecule has 0 bridgehead atoms. The van der Waals surface area contributed by atoms with Crippen molar-refractivity contribution in [1.82, 2.24) is 9.78 Å². The molecule has 2 aromatic rings. The predicted octanol–water partition coefficient (Wildman–Crippen LogP) is 2.39. The molecule has 1 aromatic carbocycles. The average molecular weight is 311 g/mol. The number of anilines is 1. The number of benzene rings is 1. The maximum Gasteiger partial charge on any atom is 0.167 e. The number of methoxy groups -OCH3 is 1. The number of hydrogen-bond acceptors (Lipinski definition) is 4. The molecule has 1 aromatic heterocycles. The first-order chi connectivity index (χ1) is 10.5. The topological polar surface area (TPSA) is 59.3 Å². The highest BCUT2D eigenvalue weighted by atomic mass is 19.1. The Morgan fingerprint density at radius 1 is 1.27 bits per heavy atom. The monoisotopic (exact) mass is 311 g/mol. The van der Waals surface area contributed by atoms with Gasteiger partial charge >= 0.3 is 0 Å². The van der Waals surface area contributed by atoms with Crippen LogP contribution in [0.2, 0.25) is 0 Å². The van der Waals surface area contributed by atoms with E-state index in [1.165, 1.54) is 7.11 Å². The molecule has 1 heterocycles. The van der Waals surface area contributed by atoms with Crippen molar-refractivity contribution >= 4 is 5.69 Å². The summed E-state index contributed by atoms with van der Waals surface area (Å²) >= 11 is 0. The fraction of sp³-hybridized carbons (Fsp3) is 0.400. The van der Waals surface area contributed by atoms with Gasteiger partial charge in [0.15, 0.2) is 11.6 Å². The van der Waals surface area contributed by atoms with Gasteiger partial charge in [0, 0.05) is 29.9 Å². The third-order valence-electron chi connectivity index (χ3n) is 3.54. The molecule has 0 aliphatic carbocycles. The van der Waals surface area contributed by atoms with Gasteiger partial charge in [-0.25, -0.2) is 8.78 Å². The summed E-state index contributed by atoms with van der Waals surface area (Å²) in [4.78, 5) is 0. The molecule has 0 fully saturated rings. The fourth-order valence-electron chi connectivity index (χ4n) is 2.31. The summed E-state index contributed by atoms with van der Waals surface area (Å²) in [6.07, 6.45) is 0. The number of aryl methyl sites for hydroxylation is 1. The highest BCUT2D eigenvalue weighted by molar-refractivity contribution is 5.49. The van der Waals surface area contributed by atoms with Crippen molar-refractivity contribution < 1.29 is 18.6 Å². The van der Waals surface area contributed by atoms with Crippen LogP contribution in [0.3, 0.4) is 0 Å². The van der Waals surface area contributed by atoms with Gasteiger partial charge in [-0.15, -0.1) is 0 Å². The summed E-state index contributed by atoms with van der Waals surface area (Å²) in [5.74, 6) is -1.35. The lowest BCUT2D eigenvalue weighted by Crippen LogP contribution is -2.07. The van der Waals surface area contributed by atoms with Gasteiger partial charge in [-0.05, 0) is 13.8 Å². The zero-order chi connectivity index (χ0) is 16.3. The van der Waals surface area contributed by atoms with Crippen LogP contribution in [0, 0.1) is 25.5 Å². The third kappa shape index (κ3) is 3.19. The molecule has 0 saturated heterocycles. The van der Waals surface area contributed by atoms with Gasteiger partial charge in [0.25, 0.3) is 0 Å². The minimum atomic E-state index is -0.629. The third-order valence-corrected chi connectivity index (χ3v) is 3.54. The van der Waals surface area contributed by atoms with Crippen LogP contribution < -0.4 is 10.1 Å². The van der Waals surface area contributed by atoms with E-state index in [-0.39, 0.29) is 18.0 Å². The number of nitrogens with one attached hydrogen (secondary N) is 1. The maximum atomic E-state index is 13.9. The second kappa shape index (κ2) is 6.74. The number of aliphatic hydroxyl groups excluding tert-OH is 1. The number of ether oxygens (including phenoxy) is 1. The maximum absolute atomic E-state index is 13.9. The van der Waals surface area contributed by atoms with Crippen LogP contribution >= 0.6 is 0 Å². The lowest BCUT2D eigenvalue weighted by molar-refractivity contribution is 0.268. The number of rotatable bonds is 6. The minimum Gasteiger partial charge on any atom is -0.494 e. The Kier molecular flexibility index (Phi) is 4.97. The highest BCUT2D eigenvalue weighted by Gasteiger charge is 2.14. The molecule has 0 atom stereocenters. The van der Waals surface area contributed by atoms with E-state index in [0.29, 0.717) is 13.1 Å². The largest absolute Gasteiger partial charge is 0.494 e. The average Bonchev–Trinajstić information content (AvgIpc) is 2.74. The van der Waals surface area contributed by atoms with Crippen LogP contribution in [0.4, 0.5) is 14.5 Å². The van der Waals surface area contributed by atoms with Gasteiger partial charge in [0.05, 0.1) is 31.6 Å². The first-order valence-corrected chi connectivity index (χ1v) is 6.88. The van der Waals surface area contributed by atoms with Crippen LogP contribution in [-0.2, 0) is 13.1 Å². The standard InChI is InChI=1S/C15H19F2N3O2/c1-9-11(10(2)20(19-9)4-5-21)8-18-14-6-13(17)15(22-3)7-12(14)16/h6-7,18,21H,4-5,8H2,1-3H3. The van der Waals surface area contributed by atoms with Crippen molar-refractivity contribution in [2.45, 2.75) is 26.9 Å². The van der Waals surface area contributed by atoms with Gasteiger partial charge in [-0.2, -0.15) is 5.10 Å². The van der Waals surface area contributed by atoms with E-state index in [1.807, 2.05) is 13.8 Å². The van der Waals surface area contributed by atoms with Gasteiger partial charge in [0.1, 0.15) is 5.82 Å². The Hall–Kier alpha value is -2.15. The number of aliphatic hydroxyl groups is 1. The SMILES string of the molecule is COc1cc(F)c(NCc2c(C)nn(CCO)c2C)cc1F. The Balaban J connectivity index is 2.19. The van der Waals surface area contributed by atoms with E-state index in [2.05, 4.69) is 10.4 Å². The molecule has 0 unspecified atom stereocenters. The smallest absolute Gasteiger partial charge is 0.167 e. The van der Waals surface area contributed by atoms with Crippen molar-refractivity contribution in [3.05, 3.63) is 40.7 Å². The molecule has 0 aliphatic rings. The Morgan fingerprint density at radius 2 is 2.00 bits per heavy atom. The Morgan fingerprint density at radius 3 is 2.64 bits per heavy atom. The summed E-state index contributed by atoms with van der Waals surface area (Å²) in [6, 6.07) is 2.07.